The van der Waals surface area contributed by atoms with Gasteiger partial charge >= 0.3 is 0 Å². The van der Waals surface area contributed by atoms with Crippen LogP contribution in [0.1, 0.15) is 43.9 Å². The van der Waals surface area contributed by atoms with Crippen LogP contribution in [0, 0.1) is 0 Å². The van der Waals surface area contributed by atoms with E-state index < -0.39 is 0 Å². The van der Waals surface area contributed by atoms with E-state index in [1.807, 2.05) is 12.3 Å². The Hall–Kier alpha value is -1.39. The minimum Gasteiger partial charge on any atom is -0.373 e. The Labute approximate surface area is 125 Å². The average molecular weight is 285 g/mol. The van der Waals surface area contributed by atoms with Gasteiger partial charge in [0.15, 0.2) is 0 Å². The molecule has 0 spiro atoms. The van der Waals surface area contributed by atoms with Crippen molar-refractivity contribution in [1.29, 1.82) is 0 Å². The molecule has 2 aromatic heterocycles. The number of rotatable bonds is 3. The molecule has 0 bridgehead atoms. The molecule has 4 rings (SSSR count). The molecule has 0 aromatic carbocycles. The Kier molecular flexibility index (Phi) is 3.23. The maximum absolute atomic E-state index is 5.85. The summed E-state index contributed by atoms with van der Waals surface area (Å²) in [6.07, 6.45) is 5.15. The van der Waals surface area contributed by atoms with Crippen LogP contribution in [0.25, 0.3) is 11.0 Å². The molecule has 0 radical (unpaired) electrons. The Balaban J connectivity index is 1.67. The van der Waals surface area contributed by atoms with Gasteiger partial charge in [-0.2, -0.15) is 0 Å². The van der Waals surface area contributed by atoms with Gasteiger partial charge in [-0.3, -0.25) is 4.90 Å². The summed E-state index contributed by atoms with van der Waals surface area (Å²) in [7, 11) is 0. The fourth-order valence-corrected chi connectivity index (χ4v) is 3.62. The average Bonchev–Trinajstić information content (AvgIpc) is 3.22. The minimum atomic E-state index is 0.321. The first-order valence-corrected chi connectivity index (χ1v) is 8.04. The predicted molar refractivity (Wildman–Crippen MR) is 83.4 cm³/mol. The molecule has 1 saturated carbocycles. The Morgan fingerprint density at radius 1 is 1.29 bits per heavy atom. The highest BCUT2D eigenvalue weighted by molar-refractivity contribution is 5.81. The van der Waals surface area contributed by atoms with Crippen molar-refractivity contribution in [2.24, 2.45) is 0 Å². The van der Waals surface area contributed by atoms with E-state index >= 15 is 0 Å². The zero-order valence-electron chi connectivity index (χ0n) is 12.8. The van der Waals surface area contributed by atoms with E-state index in [0.717, 1.165) is 31.2 Å². The summed E-state index contributed by atoms with van der Waals surface area (Å²) in [5, 5.41) is 1.30. The van der Waals surface area contributed by atoms with Gasteiger partial charge < -0.3 is 9.72 Å². The number of morpholine rings is 1. The van der Waals surface area contributed by atoms with E-state index in [-0.39, 0.29) is 0 Å². The standard InChI is InChI=1S/C17H23N3O/c1-11-8-20(9-12(2)21-11)10-15-14-4-3-7-18-17(14)19-16(15)13-5-6-13/h3-4,7,11-13H,5-6,8-10H2,1-2H3,(H,18,19). The predicted octanol–water partition coefficient (Wildman–Crippen LogP) is 3.05. The summed E-state index contributed by atoms with van der Waals surface area (Å²) in [6, 6.07) is 4.24. The van der Waals surface area contributed by atoms with Gasteiger partial charge in [0.25, 0.3) is 0 Å². The highest BCUT2D eigenvalue weighted by Crippen LogP contribution is 2.43. The van der Waals surface area contributed by atoms with Crippen molar-refractivity contribution in [1.82, 2.24) is 14.9 Å². The molecule has 4 nitrogen and oxygen atoms in total. The molecule has 2 unspecified atom stereocenters. The lowest BCUT2D eigenvalue weighted by Gasteiger charge is -2.35. The van der Waals surface area contributed by atoms with Crippen molar-refractivity contribution in [2.45, 2.75) is 51.4 Å². The van der Waals surface area contributed by atoms with Crippen LogP contribution in [-0.2, 0) is 11.3 Å². The number of pyridine rings is 1. The lowest BCUT2D eigenvalue weighted by Crippen LogP contribution is -2.44. The maximum Gasteiger partial charge on any atom is 0.137 e. The molecule has 2 aromatic rings. The van der Waals surface area contributed by atoms with E-state index in [1.165, 1.54) is 29.5 Å². The third-order valence-electron chi connectivity index (χ3n) is 4.57. The maximum atomic E-state index is 5.85. The summed E-state index contributed by atoms with van der Waals surface area (Å²) in [5.74, 6) is 0.727. The number of nitrogens with one attached hydrogen (secondary N) is 1. The van der Waals surface area contributed by atoms with Gasteiger partial charge in [-0.05, 0) is 50.3 Å². The van der Waals surface area contributed by atoms with Crippen LogP contribution in [0.4, 0.5) is 0 Å². The first-order chi connectivity index (χ1) is 10.2. The first-order valence-electron chi connectivity index (χ1n) is 8.04. The lowest BCUT2D eigenvalue weighted by atomic mass is 10.1. The highest BCUT2D eigenvalue weighted by atomic mass is 16.5. The van der Waals surface area contributed by atoms with Crippen molar-refractivity contribution >= 4 is 11.0 Å². The zero-order valence-corrected chi connectivity index (χ0v) is 12.8. The molecular weight excluding hydrogens is 262 g/mol. The molecule has 2 fully saturated rings. The number of nitrogens with zero attached hydrogens (tertiary/aromatic N) is 2. The van der Waals surface area contributed by atoms with Crippen LogP contribution in [0.5, 0.6) is 0 Å². The van der Waals surface area contributed by atoms with Crippen molar-refractivity contribution in [2.75, 3.05) is 13.1 Å². The fraction of sp³-hybridized carbons (Fsp3) is 0.588. The molecule has 1 aliphatic carbocycles. The van der Waals surface area contributed by atoms with E-state index in [1.54, 1.807) is 0 Å². The summed E-state index contributed by atoms with van der Waals surface area (Å²) < 4.78 is 5.85. The summed E-state index contributed by atoms with van der Waals surface area (Å²) in [6.45, 7) is 7.38. The van der Waals surface area contributed by atoms with E-state index in [0.29, 0.717) is 12.2 Å². The number of aromatic nitrogens is 2. The second kappa shape index (κ2) is 5.11. The van der Waals surface area contributed by atoms with Crippen molar-refractivity contribution in [3.05, 3.63) is 29.6 Å². The normalized spacial score (nSPS) is 27.3. The molecule has 1 N–H and O–H groups in total. The fourth-order valence-electron chi connectivity index (χ4n) is 3.62. The molecule has 2 atom stereocenters. The topological polar surface area (TPSA) is 41.2 Å². The molecule has 1 aliphatic heterocycles. The van der Waals surface area contributed by atoms with Crippen LogP contribution in [0.3, 0.4) is 0 Å². The Morgan fingerprint density at radius 2 is 2.05 bits per heavy atom. The minimum absolute atomic E-state index is 0.321. The van der Waals surface area contributed by atoms with E-state index in [2.05, 4.69) is 34.8 Å². The molecule has 3 heterocycles. The van der Waals surface area contributed by atoms with E-state index in [4.69, 9.17) is 4.74 Å². The van der Waals surface area contributed by atoms with Gasteiger partial charge in [0.2, 0.25) is 0 Å². The molecule has 0 amide bonds. The lowest BCUT2D eigenvalue weighted by molar-refractivity contribution is -0.0704. The number of fused-ring (bicyclic) bond motifs is 1. The van der Waals surface area contributed by atoms with Gasteiger partial charge in [0, 0.05) is 36.9 Å². The van der Waals surface area contributed by atoms with Gasteiger partial charge in [0.1, 0.15) is 5.65 Å². The van der Waals surface area contributed by atoms with E-state index in [9.17, 15) is 0 Å². The number of aromatic amines is 1. The second-order valence-electron chi connectivity index (χ2n) is 6.64. The van der Waals surface area contributed by atoms with Crippen molar-refractivity contribution in [3.8, 4) is 0 Å². The van der Waals surface area contributed by atoms with Crippen LogP contribution >= 0.6 is 0 Å². The SMILES string of the molecule is CC1CN(Cc2c(C3CC3)[nH]c3ncccc23)CC(C)O1. The summed E-state index contributed by atoms with van der Waals surface area (Å²) >= 11 is 0. The van der Waals surface area contributed by atoms with Gasteiger partial charge in [-0.15, -0.1) is 0 Å². The molecule has 2 aliphatic rings. The van der Waals surface area contributed by atoms with Crippen LogP contribution in [-0.4, -0.2) is 40.2 Å². The number of ether oxygens (including phenoxy) is 1. The molecule has 4 heteroatoms. The Bertz CT molecular complexity index is 637. The summed E-state index contributed by atoms with van der Waals surface area (Å²) in [5.41, 5.74) is 3.93. The smallest absolute Gasteiger partial charge is 0.137 e. The second-order valence-corrected chi connectivity index (χ2v) is 6.64. The third-order valence-corrected chi connectivity index (χ3v) is 4.57. The van der Waals surface area contributed by atoms with Crippen LogP contribution in [0.15, 0.2) is 18.3 Å². The van der Waals surface area contributed by atoms with Crippen LogP contribution < -0.4 is 0 Å². The van der Waals surface area contributed by atoms with Crippen molar-refractivity contribution < 1.29 is 4.74 Å². The molecular formula is C17H23N3O. The molecule has 1 saturated heterocycles. The quantitative estimate of drug-likeness (QED) is 0.942. The monoisotopic (exact) mass is 285 g/mol. The Morgan fingerprint density at radius 3 is 2.76 bits per heavy atom. The molecule has 21 heavy (non-hydrogen) atoms. The highest BCUT2D eigenvalue weighted by Gasteiger charge is 2.31. The molecule has 112 valence electrons. The van der Waals surface area contributed by atoms with Gasteiger partial charge in [-0.25, -0.2) is 4.98 Å². The first kappa shape index (κ1) is 13.3. The zero-order chi connectivity index (χ0) is 14.4. The number of hydrogen-bond acceptors (Lipinski definition) is 3. The largest absolute Gasteiger partial charge is 0.373 e. The van der Waals surface area contributed by atoms with Gasteiger partial charge in [-0.1, -0.05) is 0 Å². The van der Waals surface area contributed by atoms with Crippen molar-refractivity contribution in [3.63, 3.8) is 0 Å². The number of H-pyrrole nitrogens is 1. The third kappa shape index (κ3) is 2.58. The summed E-state index contributed by atoms with van der Waals surface area (Å²) in [4.78, 5) is 10.6. The van der Waals surface area contributed by atoms with Gasteiger partial charge in [0.05, 0.1) is 12.2 Å². The van der Waals surface area contributed by atoms with Crippen LogP contribution in [0.2, 0.25) is 0 Å². The number of hydrogen-bond donors (Lipinski definition) is 1.